The topological polar surface area (TPSA) is 89.3 Å². The van der Waals surface area contributed by atoms with E-state index in [1.54, 1.807) is 30.5 Å². The number of hydrogen-bond acceptors (Lipinski definition) is 6. The highest BCUT2D eigenvalue weighted by Crippen LogP contribution is 2.44. The Morgan fingerprint density at radius 1 is 1.35 bits per heavy atom. The van der Waals surface area contributed by atoms with Gasteiger partial charge in [-0.1, -0.05) is 26.1 Å². The number of rotatable bonds is 4. The van der Waals surface area contributed by atoms with Crippen molar-refractivity contribution < 1.29 is 14.1 Å². The highest BCUT2D eigenvalue weighted by Gasteiger charge is 2.72. The molecule has 3 aliphatic heterocycles. The van der Waals surface area contributed by atoms with Crippen molar-refractivity contribution in [3.05, 3.63) is 36.0 Å². The van der Waals surface area contributed by atoms with E-state index in [2.05, 4.69) is 35.1 Å². The second kappa shape index (κ2) is 7.05. The van der Waals surface area contributed by atoms with Gasteiger partial charge in [0.05, 0.1) is 29.9 Å². The second-order valence-corrected chi connectivity index (χ2v) is 9.32. The number of nitrogens with one attached hydrogen (secondary N) is 1. The zero-order chi connectivity index (χ0) is 21.9. The van der Waals surface area contributed by atoms with Gasteiger partial charge in [-0.15, -0.1) is 0 Å². The summed E-state index contributed by atoms with van der Waals surface area (Å²) >= 11 is 5.69. The maximum absolute atomic E-state index is 13.9. The van der Waals surface area contributed by atoms with Gasteiger partial charge in [-0.25, -0.2) is 14.2 Å². The van der Waals surface area contributed by atoms with Crippen LogP contribution in [-0.4, -0.2) is 69.7 Å². The van der Waals surface area contributed by atoms with Crippen molar-refractivity contribution in [1.29, 1.82) is 5.26 Å². The molecule has 5 rings (SSSR count). The number of pyridine rings is 1. The lowest BCUT2D eigenvalue weighted by Crippen LogP contribution is -2.64. The highest BCUT2D eigenvalue weighted by molar-refractivity contribution is 7.80. The summed E-state index contributed by atoms with van der Waals surface area (Å²) in [6, 6.07) is 8.03. The average Bonchev–Trinajstić information content (AvgIpc) is 3.40. The lowest BCUT2D eigenvalue weighted by Gasteiger charge is -2.34. The number of quaternary nitrogens is 1. The Morgan fingerprint density at radius 3 is 2.90 bits per heavy atom. The van der Waals surface area contributed by atoms with E-state index >= 15 is 0 Å². The fourth-order valence-electron chi connectivity index (χ4n) is 5.13. The van der Waals surface area contributed by atoms with Crippen LogP contribution in [0.4, 0.5) is 10.5 Å². The Labute approximate surface area is 185 Å². The molecule has 3 saturated heterocycles. The number of piperazine rings is 1. The molecule has 3 fully saturated rings. The molecule has 3 amide bonds. The zero-order valence-electron chi connectivity index (χ0n) is 17.4. The number of anilines is 1. The van der Waals surface area contributed by atoms with E-state index in [9.17, 15) is 14.9 Å². The molecule has 0 radical (unpaired) electrons. The first-order valence-corrected chi connectivity index (χ1v) is 10.8. The molecule has 0 aliphatic carbocycles. The molecule has 0 saturated carbocycles. The SMILES string of the molecule is CC(C)CNC(=S)C1CN2CC3C(=O)N(c4ccc(C#N)c5ncccc45)C(=O)[N+]31C2. The first kappa shape index (κ1) is 20.0. The van der Waals surface area contributed by atoms with Crippen molar-refractivity contribution in [1.82, 2.24) is 15.2 Å². The maximum atomic E-state index is 13.9. The Balaban J connectivity index is 1.57. The zero-order valence-corrected chi connectivity index (χ0v) is 18.2. The van der Waals surface area contributed by atoms with E-state index in [-0.39, 0.29) is 22.5 Å². The highest BCUT2D eigenvalue weighted by atomic mass is 32.1. The third kappa shape index (κ3) is 2.72. The van der Waals surface area contributed by atoms with Crippen LogP contribution in [0.5, 0.6) is 0 Å². The number of hydrogen-bond donors (Lipinski definition) is 1. The molecular weight excluding hydrogens is 412 g/mol. The summed E-state index contributed by atoms with van der Waals surface area (Å²) in [5.74, 6) is 0.214. The van der Waals surface area contributed by atoms with E-state index in [0.717, 1.165) is 6.54 Å². The molecule has 4 heterocycles. The standard InChI is InChI=1S/C22H22N6O2S/c1-13(2)9-25-20(31)17-10-26-11-18-21(29)27(22(30)28(17,18)12-26)16-6-5-14(8-23)19-15(16)4-3-7-24-19/h3-7,13,17-18H,9-12H2,1-2H3/p+1. The summed E-state index contributed by atoms with van der Waals surface area (Å²) in [5.41, 5.74) is 1.39. The van der Waals surface area contributed by atoms with Crippen molar-refractivity contribution in [2.45, 2.75) is 25.9 Å². The van der Waals surface area contributed by atoms with Gasteiger partial charge in [0.1, 0.15) is 17.7 Å². The third-order valence-corrected chi connectivity index (χ3v) is 6.97. The number of urea groups is 1. The van der Waals surface area contributed by atoms with Crippen molar-refractivity contribution in [2.24, 2.45) is 5.92 Å². The number of imide groups is 1. The van der Waals surface area contributed by atoms with E-state index in [0.29, 0.717) is 52.8 Å². The molecule has 1 aromatic carbocycles. The number of benzene rings is 1. The van der Waals surface area contributed by atoms with Crippen LogP contribution in [0.15, 0.2) is 30.5 Å². The van der Waals surface area contributed by atoms with Gasteiger partial charge in [-0.05, 0) is 30.2 Å². The summed E-state index contributed by atoms with van der Waals surface area (Å²) in [7, 11) is 0. The van der Waals surface area contributed by atoms with Crippen LogP contribution in [0.1, 0.15) is 19.4 Å². The maximum Gasteiger partial charge on any atom is 0.433 e. The number of aromatic nitrogens is 1. The molecule has 1 spiro atoms. The summed E-state index contributed by atoms with van der Waals surface area (Å²) in [4.78, 5) is 35.9. The van der Waals surface area contributed by atoms with E-state index < -0.39 is 6.04 Å². The normalized spacial score (nSPS) is 29.0. The van der Waals surface area contributed by atoms with Crippen LogP contribution in [0.2, 0.25) is 0 Å². The van der Waals surface area contributed by atoms with Crippen molar-refractivity contribution in [3.63, 3.8) is 0 Å². The fraction of sp³-hybridized carbons (Fsp3) is 0.409. The smallest absolute Gasteiger partial charge is 0.374 e. The Hall–Kier alpha value is -2.93. The van der Waals surface area contributed by atoms with Crippen LogP contribution in [0, 0.1) is 17.2 Å². The largest absolute Gasteiger partial charge is 0.433 e. The molecule has 9 heteroatoms. The summed E-state index contributed by atoms with van der Waals surface area (Å²) in [6.45, 7) is 6.65. The summed E-state index contributed by atoms with van der Waals surface area (Å²) in [6.07, 6.45) is 1.60. The minimum atomic E-state index is -0.465. The molecule has 1 aromatic heterocycles. The first-order valence-electron chi connectivity index (χ1n) is 10.4. The summed E-state index contributed by atoms with van der Waals surface area (Å²) in [5, 5.41) is 13.4. The van der Waals surface area contributed by atoms with Crippen LogP contribution in [0.3, 0.4) is 0 Å². The van der Waals surface area contributed by atoms with E-state index in [1.165, 1.54) is 4.90 Å². The lowest BCUT2D eigenvalue weighted by atomic mass is 10.1. The Bertz CT molecular complexity index is 1170. The molecule has 1 N–H and O–H groups in total. The molecule has 2 aromatic rings. The Kier molecular flexibility index (Phi) is 4.55. The van der Waals surface area contributed by atoms with Crippen LogP contribution in [-0.2, 0) is 4.79 Å². The van der Waals surface area contributed by atoms with E-state index in [1.807, 2.05) is 0 Å². The number of thiocarbonyl (C=S) groups is 1. The van der Waals surface area contributed by atoms with E-state index in [4.69, 9.17) is 12.2 Å². The number of fused-ring (bicyclic) bond motifs is 2. The molecule has 4 atom stereocenters. The average molecular weight is 436 g/mol. The van der Waals surface area contributed by atoms with Crippen molar-refractivity contribution in [2.75, 3.05) is 31.2 Å². The van der Waals surface area contributed by atoms with Crippen LogP contribution < -0.4 is 10.2 Å². The fourth-order valence-corrected chi connectivity index (χ4v) is 5.47. The lowest BCUT2D eigenvalue weighted by molar-refractivity contribution is -0.851. The monoisotopic (exact) mass is 435 g/mol. The van der Waals surface area contributed by atoms with Gasteiger partial charge in [-0.3, -0.25) is 9.78 Å². The van der Waals surface area contributed by atoms with Crippen molar-refractivity contribution in [3.8, 4) is 6.07 Å². The molecular formula is C22H23N6O2S+. The second-order valence-electron chi connectivity index (χ2n) is 8.88. The van der Waals surface area contributed by atoms with Gasteiger partial charge in [-0.2, -0.15) is 10.2 Å². The number of nitriles is 1. The van der Waals surface area contributed by atoms with Crippen LogP contribution >= 0.6 is 12.2 Å². The molecule has 31 heavy (non-hydrogen) atoms. The predicted molar refractivity (Wildman–Crippen MR) is 119 cm³/mol. The summed E-state index contributed by atoms with van der Waals surface area (Å²) < 4.78 is 0.0323. The molecule has 3 aliphatic rings. The Morgan fingerprint density at radius 2 is 2.16 bits per heavy atom. The minimum Gasteiger partial charge on any atom is -0.374 e. The number of carbonyl (C=O) groups excluding carboxylic acids is 2. The van der Waals surface area contributed by atoms with Gasteiger partial charge in [0, 0.05) is 18.1 Å². The third-order valence-electron chi connectivity index (χ3n) is 6.56. The van der Waals surface area contributed by atoms with Gasteiger partial charge in [0.15, 0.2) is 12.1 Å². The number of amides is 3. The molecule has 158 valence electrons. The predicted octanol–water partition coefficient (Wildman–Crippen LogP) is 1.99. The minimum absolute atomic E-state index is 0.0323. The van der Waals surface area contributed by atoms with Gasteiger partial charge >= 0.3 is 6.03 Å². The molecule has 8 nitrogen and oxygen atoms in total. The van der Waals surface area contributed by atoms with Gasteiger partial charge < -0.3 is 5.32 Å². The number of nitrogens with zero attached hydrogens (tertiary/aromatic N) is 5. The van der Waals surface area contributed by atoms with Crippen molar-refractivity contribution >= 4 is 45.7 Å². The number of carbonyl (C=O) groups is 2. The quantitative estimate of drug-likeness (QED) is 0.446. The molecule has 2 bridgehead atoms. The van der Waals surface area contributed by atoms with Gasteiger partial charge in [0.2, 0.25) is 0 Å². The first-order chi connectivity index (χ1) is 14.9. The van der Waals surface area contributed by atoms with Crippen LogP contribution in [0.25, 0.3) is 10.9 Å². The molecule has 4 unspecified atom stereocenters. The van der Waals surface area contributed by atoms with Gasteiger partial charge in [0.25, 0.3) is 5.91 Å².